The van der Waals surface area contributed by atoms with Crippen molar-refractivity contribution in [2.75, 3.05) is 13.1 Å². The minimum Gasteiger partial charge on any atom is -0.333 e. The Kier molecular flexibility index (Phi) is 3.87. The number of hydrogen-bond acceptors (Lipinski definition) is 5. The van der Waals surface area contributed by atoms with Crippen LogP contribution < -0.4 is 10.9 Å². The third-order valence-corrected chi connectivity index (χ3v) is 5.22. The molecular weight excluding hydrogens is 354 g/mol. The Morgan fingerprint density at radius 2 is 2.00 bits per heavy atom. The van der Waals surface area contributed by atoms with E-state index in [2.05, 4.69) is 20.0 Å². The molecule has 4 heterocycles. The first-order chi connectivity index (χ1) is 13.6. The standard InChI is InChI=1S/C20H21N7O/c1-13-22-20(15-12-26-10-9-21-8-7-18(26)23-15)27(24-13)17-11-19(28)25(2)16-6-4-3-5-14(16)17/h3-6,11-12,21H,7-10H2,1-2H3. The average Bonchev–Trinajstić information content (AvgIpc) is 3.21. The molecule has 0 amide bonds. The molecule has 8 heteroatoms. The highest BCUT2D eigenvalue weighted by Crippen LogP contribution is 2.25. The number of aromatic nitrogens is 6. The number of fused-ring (bicyclic) bond motifs is 2. The number of aryl methyl sites for hydroxylation is 2. The highest BCUT2D eigenvalue weighted by Gasteiger charge is 2.20. The van der Waals surface area contributed by atoms with Crippen LogP contribution in [-0.2, 0) is 20.0 Å². The monoisotopic (exact) mass is 375 g/mol. The van der Waals surface area contributed by atoms with Crippen LogP contribution in [0.15, 0.2) is 41.3 Å². The predicted octanol–water partition coefficient (Wildman–Crippen LogP) is 1.44. The fraction of sp³-hybridized carbons (Fsp3) is 0.300. The topological polar surface area (TPSA) is 82.6 Å². The molecule has 8 nitrogen and oxygen atoms in total. The Bertz CT molecular complexity index is 1220. The van der Waals surface area contributed by atoms with Gasteiger partial charge in [0, 0.05) is 50.8 Å². The van der Waals surface area contributed by atoms with E-state index in [0.29, 0.717) is 11.6 Å². The van der Waals surface area contributed by atoms with Crippen LogP contribution in [0.3, 0.4) is 0 Å². The molecule has 0 spiro atoms. The van der Waals surface area contributed by atoms with Gasteiger partial charge in [-0.15, -0.1) is 0 Å². The summed E-state index contributed by atoms with van der Waals surface area (Å²) in [4.78, 5) is 22.0. The van der Waals surface area contributed by atoms with Crippen molar-refractivity contribution in [3.8, 4) is 17.2 Å². The molecule has 0 fully saturated rings. The Morgan fingerprint density at radius 3 is 2.89 bits per heavy atom. The van der Waals surface area contributed by atoms with E-state index in [9.17, 15) is 4.79 Å². The summed E-state index contributed by atoms with van der Waals surface area (Å²) >= 11 is 0. The van der Waals surface area contributed by atoms with Gasteiger partial charge in [0.2, 0.25) is 0 Å². The fourth-order valence-electron chi connectivity index (χ4n) is 3.80. The van der Waals surface area contributed by atoms with Gasteiger partial charge in [-0.05, 0) is 13.0 Å². The zero-order chi connectivity index (χ0) is 19.3. The molecule has 1 N–H and O–H groups in total. The van der Waals surface area contributed by atoms with Gasteiger partial charge in [-0.25, -0.2) is 14.6 Å². The number of nitrogens with one attached hydrogen (secondary N) is 1. The van der Waals surface area contributed by atoms with Gasteiger partial charge < -0.3 is 14.5 Å². The number of nitrogens with zero attached hydrogens (tertiary/aromatic N) is 6. The Labute approximate surface area is 161 Å². The lowest BCUT2D eigenvalue weighted by Gasteiger charge is -2.11. The van der Waals surface area contributed by atoms with Gasteiger partial charge in [0.05, 0.1) is 11.2 Å². The van der Waals surface area contributed by atoms with Crippen molar-refractivity contribution in [1.29, 1.82) is 0 Å². The summed E-state index contributed by atoms with van der Waals surface area (Å²) in [6.45, 7) is 4.58. The average molecular weight is 375 g/mol. The minimum atomic E-state index is -0.0838. The molecule has 0 saturated heterocycles. The molecule has 0 aliphatic carbocycles. The maximum absolute atomic E-state index is 12.6. The van der Waals surface area contributed by atoms with Crippen molar-refractivity contribution in [3.63, 3.8) is 0 Å². The van der Waals surface area contributed by atoms with Crippen LogP contribution in [0.4, 0.5) is 0 Å². The number of imidazole rings is 1. The molecule has 0 atom stereocenters. The van der Waals surface area contributed by atoms with E-state index in [4.69, 9.17) is 4.98 Å². The summed E-state index contributed by atoms with van der Waals surface area (Å²) in [7, 11) is 1.78. The smallest absolute Gasteiger partial charge is 0.252 e. The largest absolute Gasteiger partial charge is 0.333 e. The quantitative estimate of drug-likeness (QED) is 0.573. The number of rotatable bonds is 2. The number of benzene rings is 1. The second-order valence-corrected chi connectivity index (χ2v) is 7.07. The molecule has 1 aromatic carbocycles. The maximum Gasteiger partial charge on any atom is 0.252 e. The molecule has 5 rings (SSSR count). The highest BCUT2D eigenvalue weighted by atomic mass is 16.1. The van der Waals surface area contributed by atoms with Gasteiger partial charge in [-0.3, -0.25) is 4.79 Å². The lowest BCUT2D eigenvalue weighted by Crippen LogP contribution is -2.18. The summed E-state index contributed by atoms with van der Waals surface area (Å²) in [5.41, 5.74) is 2.27. The highest BCUT2D eigenvalue weighted by molar-refractivity contribution is 5.87. The van der Waals surface area contributed by atoms with Crippen LogP contribution in [0.5, 0.6) is 0 Å². The first kappa shape index (κ1) is 16.9. The maximum atomic E-state index is 12.6. The fourth-order valence-corrected chi connectivity index (χ4v) is 3.80. The van der Waals surface area contributed by atoms with Crippen LogP contribution in [0, 0.1) is 6.92 Å². The molecule has 0 radical (unpaired) electrons. The van der Waals surface area contributed by atoms with E-state index in [1.54, 1.807) is 22.4 Å². The van der Waals surface area contributed by atoms with E-state index in [0.717, 1.165) is 54.2 Å². The molecule has 28 heavy (non-hydrogen) atoms. The Hall–Kier alpha value is -3.26. The zero-order valence-electron chi connectivity index (χ0n) is 15.9. The van der Waals surface area contributed by atoms with Crippen LogP contribution in [0.2, 0.25) is 0 Å². The summed E-state index contributed by atoms with van der Waals surface area (Å²) in [5.74, 6) is 2.34. The molecule has 3 aromatic heterocycles. The van der Waals surface area contributed by atoms with Crippen molar-refractivity contribution in [2.24, 2.45) is 7.05 Å². The summed E-state index contributed by atoms with van der Waals surface area (Å²) in [6.07, 6.45) is 2.91. The summed E-state index contributed by atoms with van der Waals surface area (Å²) < 4.78 is 5.57. The molecule has 4 aromatic rings. The molecule has 1 aliphatic heterocycles. The van der Waals surface area contributed by atoms with E-state index >= 15 is 0 Å². The van der Waals surface area contributed by atoms with Crippen molar-refractivity contribution in [3.05, 3.63) is 58.5 Å². The third-order valence-electron chi connectivity index (χ3n) is 5.22. The van der Waals surface area contributed by atoms with E-state index in [-0.39, 0.29) is 5.56 Å². The molecule has 1 aliphatic rings. The van der Waals surface area contributed by atoms with E-state index < -0.39 is 0 Å². The van der Waals surface area contributed by atoms with Crippen LogP contribution in [0.1, 0.15) is 11.6 Å². The third kappa shape index (κ3) is 2.65. The van der Waals surface area contributed by atoms with Crippen LogP contribution in [0.25, 0.3) is 28.1 Å². The molecule has 0 unspecified atom stereocenters. The molecule has 0 bridgehead atoms. The van der Waals surface area contributed by atoms with Crippen LogP contribution in [-0.4, -0.2) is 42.0 Å². The lowest BCUT2D eigenvalue weighted by molar-refractivity contribution is 0.646. The normalized spacial score (nSPS) is 14.2. The van der Waals surface area contributed by atoms with E-state index in [1.807, 2.05) is 37.4 Å². The van der Waals surface area contributed by atoms with Crippen molar-refractivity contribution in [2.45, 2.75) is 19.9 Å². The number of pyridine rings is 1. The molecule has 0 saturated carbocycles. The second-order valence-electron chi connectivity index (χ2n) is 7.07. The van der Waals surface area contributed by atoms with Gasteiger partial charge in [0.25, 0.3) is 5.56 Å². The first-order valence-electron chi connectivity index (χ1n) is 9.42. The predicted molar refractivity (Wildman–Crippen MR) is 107 cm³/mol. The van der Waals surface area contributed by atoms with E-state index in [1.165, 1.54) is 0 Å². The Morgan fingerprint density at radius 1 is 1.14 bits per heavy atom. The molecule has 142 valence electrons. The summed E-state index contributed by atoms with van der Waals surface area (Å²) in [6, 6.07) is 9.45. The summed E-state index contributed by atoms with van der Waals surface area (Å²) in [5, 5.41) is 8.93. The van der Waals surface area contributed by atoms with Gasteiger partial charge in [0.1, 0.15) is 17.3 Å². The number of para-hydroxylation sites is 1. The second kappa shape index (κ2) is 6.42. The Balaban J connectivity index is 1.73. The van der Waals surface area contributed by atoms with Gasteiger partial charge in [-0.2, -0.15) is 5.10 Å². The number of hydrogen-bond donors (Lipinski definition) is 1. The minimum absolute atomic E-state index is 0.0838. The van der Waals surface area contributed by atoms with Crippen molar-refractivity contribution < 1.29 is 0 Å². The zero-order valence-corrected chi connectivity index (χ0v) is 15.9. The lowest BCUT2D eigenvalue weighted by atomic mass is 10.2. The van der Waals surface area contributed by atoms with Gasteiger partial charge in [-0.1, -0.05) is 18.2 Å². The van der Waals surface area contributed by atoms with Crippen LogP contribution >= 0.6 is 0 Å². The van der Waals surface area contributed by atoms with Crippen molar-refractivity contribution in [1.82, 2.24) is 34.2 Å². The SMILES string of the molecule is Cc1nc(-c2cn3c(n2)CCNCC3)n(-c2cc(=O)n(C)c3ccccc23)n1. The van der Waals surface area contributed by atoms with Gasteiger partial charge in [0.15, 0.2) is 5.82 Å². The first-order valence-corrected chi connectivity index (χ1v) is 9.42. The van der Waals surface area contributed by atoms with Crippen molar-refractivity contribution >= 4 is 10.9 Å². The van der Waals surface area contributed by atoms with Gasteiger partial charge >= 0.3 is 0 Å². The molecular formula is C20H21N7O.